The van der Waals surface area contributed by atoms with Crippen LogP contribution in [-0.4, -0.2) is 25.8 Å². The Morgan fingerprint density at radius 1 is 0.833 bits per heavy atom. The van der Waals surface area contributed by atoms with E-state index < -0.39 is 10.0 Å². The van der Waals surface area contributed by atoms with E-state index >= 15 is 0 Å². The molecule has 7 heteroatoms. The molecular formula is C29H25N3O3S. The number of hydrogen-bond acceptors (Lipinski definition) is 4. The van der Waals surface area contributed by atoms with Gasteiger partial charge in [-0.05, 0) is 55.0 Å². The first kappa shape index (κ1) is 23.4. The van der Waals surface area contributed by atoms with Gasteiger partial charge in [0.2, 0.25) is 0 Å². The van der Waals surface area contributed by atoms with Crippen molar-refractivity contribution < 1.29 is 13.2 Å². The van der Waals surface area contributed by atoms with Crippen molar-refractivity contribution in [3.63, 3.8) is 0 Å². The van der Waals surface area contributed by atoms with Crippen LogP contribution in [0.4, 0.5) is 0 Å². The topological polar surface area (TPSA) is 72.7 Å². The first-order chi connectivity index (χ1) is 17.6. The smallest absolute Gasteiger partial charge is 0.276 e. The molecule has 6 nitrogen and oxygen atoms in total. The van der Waals surface area contributed by atoms with E-state index in [2.05, 4.69) is 32.7 Å². The molecular weight excluding hydrogens is 470 g/mol. The molecule has 0 aliphatic heterocycles. The van der Waals surface area contributed by atoms with Crippen LogP contribution in [0.2, 0.25) is 0 Å². The highest BCUT2D eigenvalue weighted by atomic mass is 32.2. The number of ether oxygens (including phenoxy) is 1. The summed E-state index contributed by atoms with van der Waals surface area (Å²) in [5, 5.41) is 5.15. The van der Waals surface area contributed by atoms with Gasteiger partial charge in [-0.25, -0.2) is 4.83 Å². The third kappa shape index (κ3) is 4.61. The van der Waals surface area contributed by atoms with Crippen molar-refractivity contribution in [1.82, 2.24) is 9.40 Å². The standard InChI is InChI=1S/C29H25N3O3S/c1-2-35-24-17-19-25(20-18-24)36(33,34)31-30-21-27-26-15-9-10-16-28(26)32(23-13-7-4-8-14-23)29(27)22-11-5-3-6-12-22/h3-21,31H,2H2,1H3. The molecule has 0 atom stereocenters. The summed E-state index contributed by atoms with van der Waals surface area (Å²) in [4.78, 5) is 2.47. The van der Waals surface area contributed by atoms with Crippen LogP contribution in [0, 0.1) is 0 Å². The summed E-state index contributed by atoms with van der Waals surface area (Å²) < 4.78 is 33.3. The van der Waals surface area contributed by atoms with Gasteiger partial charge in [0.25, 0.3) is 10.0 Å². The Balaban J connectivity index is 1.59. The number of rotatable bonds is 8. The van der Waals surface area contributed by atoms with Gasteiger partial charge in [-0.2, -0.15) is 13.5 Å². The van der Waals surface area contributed by atoms with Gasteiger partial charge in [0, 0.05) is 16.6 Å². The third-order valence-electron chi connectivity index (χ3n) is 5.79. The van der Waals surface area contributed by atoms with Crippen LogP contribution in [0.25, 0.3) is 27.8 Å². The molecule has 0 amide bonds. The Kier molecular flexibility index (Phi) is 6.56. The normalized spacial score (nSPS) is 11.7. The molecule has 36 heavy (non-hydrogen) atoms. The van der Waals surface area contributed by atoms with E-state index in [1.807, 2.05) is 73.7 Å². The number of nitrogens with zero attached hydrogens (tertiary/aromatic N) is 2. The van der Waals surface area contributed by atoms with E-state index in [1.54, 1.807) is 18.3 Å². The highest BCUT2D eigenvalue weighted by Crippen LogP contribution is 2.35. The van der Waals surface area contributed by atoms with Crippen molar-refractivity contribution in [2.45, 2.75) is 11.8 Å². The van der Waals surface area contributed by atoms with Gasteiger partial charge in [-0.15, -0.1) is 0 Å². The Morgan fingerprint density at radius 2 is 1.47 bits per heavy atom. The molecule has 0 fully saturated rings. The molecule has 5 aromatic rings. The Morgan fingerprint density at radius 3 is 2.17 bits per heavy atom. The van der Waals surface area contributed by atoms with E-state index in [-0.39, 0.29) is 4.90 Å². The molecule has 1 N–H and O–H groups in total. The molecule has 0 saturated carbocycles. The van der Waals surface area contributed by atoms with Crippen molar-refractivity contribution in [1.29, 1.82) is 0 Å². The third-order valence-corrected chi connectivity index (χ3v) is 7.03. The largest absolute Gasteiger partial charge is 0.494 e. The minimum absolute atomic E-state index is 0.109. The summed E-state index contributed by atoms with van der Waals surface area (Å²) in [5.41, 5.74) is 4.73. The number of sulfonamides is 1. The number of benzene rings is 4. The van der Waals surface area contributed by atoms with Gasteiger partial charge in [-0.3, -0.25) is 0 Å². The molecule has 0 bridgehead atoms. The fraction of sp³-hybridized carbons (Fsp3) is 0.0690. The van der Waals surface area contributed by atoms with Gasteiger partial charge >= 0.3 is 0 Å². The molecule has 0 radical (unpaired) electrons. The maximum atomic E-state index is 12.9. The average molecular weight is 496 g/mol. The summed E-state index contributed by atoms with van der Waals surface area (Å²) in [7, 11) is -3.85. The van der Waals surface area contributed by atoms with Gasteiger partial charge in [-0.1, -0.05) is 66.7 Å². The quantitative estimate of drug-likeness (QED) is 0.212. The van der Waals surface area contributed by atoms with Crippen LogP contribution >= 0.6 is 0 Å². The van der Waals surface area contributed by atoms with Gasteiger partial charge < -0.3 is 9.30 Å². The van der Waals surface area contributed by atoms with E-state index in [4.69, 9.17) is 4.74 Å². The van der Waals surface area contributed by atoms with Crippen LogP contribution in [0.5, 0.6) is 5.75 Å². The lowest BCUT2D eigenvalue weighted by Crippen LogP contribution is -2.18. The molecule has 180 valence electrons. The predicted molar refractivity (Wildman–Crippen MR) is 144 cm³/mol. The van der Waals surface area contributed by atoms with E-state index in [0.717, 1.165) is 33.4 Å². The molecule has 1 heterocycles. The van der Waals surface area contributed by atoms with Crippen molar-refractivity contribution in [3.05, 3.63) is 115 Å². The maximum absolute atomic E-state index is 12.9. The fourth-order valence-corrected chi connectivity index (χ4v) is 5.01. The van der Waals surface area contributed by atoms with Crippen LogP contribution in [0.3, 0.4) is 0 Å². The monoisotopic (exact) mass is 495 g/mol. The van der Waals surface area contributed by atoms with Crippen molar-refractivity contribution >= 4 is 27.1 Å². The lowest BCUT2D eigenvalue weighted by molar-refractivity contribution is 0.340. The zero-order valence-corrected chi connectivity index (χ0v) is 20.5. The second kappa shape index (κ2) is 10.1. The van der Waals surface area contributed by atoms with E-state index in [1.165, 1.54) is 12.1 Å². The highest BCUT2D eigenvalue weighted by molar-refractivity contribution is 7.89. The van der Waals surface area contributed by atoms with Crippen molar-refractivity contribution in [3.8, 4) is 22.7 Å². The van der Waals surface area contributed by atoms with Crippen molar-refractivity contribution in [2.75, 3.05) is 6.61 Å². The number of hydrazone groups is 1. The average Bonchev–Trinajstić information content (AvgIpc) is 3.24. The number of aromatic nitrogens is 1. The summed E-state index contributed by atoms with van der Waals surface area (Å²) in [6, 6.07) is 34.4. The zero-order valence-electron chi connectivity index (χ0n) is 19.7. The number of hydrogen-bond donors (Lipinski definition) is 1. The van der Waals surface area contributed by atoms with Gasteiger partial charge in [0.1, 0.15) is 5.75 Å². The second-order valence-corrected chi connectivity index (χ2v) is 9.73. The summed E-state index contributed by atoms with van der Waals surface area (Å²) in [5.74, 6) is 0.612. The lowest BCUT2D eigenvalue weighted by Gasteiger charge is -2.12. The first-order valence-corrected chi connectivity index (χ1v) is 13.1. The number of para-hydroxylation sites is 2. The van der Waals surface area contributed by atoms with Gasteiger partial charge in [0.05, 0.1) is 28.9 Å². The highest BCUT2D eigenvalue weighted by Gasteiger charge is 2.19. The summed E-state index contributed by atoms with van der Waals surface area (Å²) in [6.07, 6.45) is 1.58. The predicted octanol–water partition coefficient (Wildman–Crippen LogP) is 6.01. The Labute approximate surface area is 210 Å². The van der Waals surface area contributed by atoms with Crippen LogP contribution in [0.15, 0.2) is 119 Å². The van der Waals surface area contributed by atoms with Crippen molar-refractivity contribution in [2.24, 2.45) is 5.10 Å². The van der Waals surface area contributed by atoms with E-state index in [0.29, 0.717) is 12.4 Å². The molecule has 0 aliphatic rings. The second-order valence-electron chi connectivity index (χ2n) is 8.07. The molecule has 0 saturated heterocycles. The summed E-state index contributed by atoms with van der Waals surface area (Å²) in [6.45, 7) is 2.38. The van der Waals surface area contributed by atoms with Crippen LogP contribution in [0.1, 0.15) is 12.5 Å². The lowest BCUT2D eigenvalue weighted by atomic mass is 10.1. The molecule has 4 aromatic carbocycles. The Hall–Kier alpha value is -4.36. The molecule has 0 unspecified atom stereocenters. The van der Waals surface area contributed by atoms with E-state index in [9.17, 15) is 8.42 Å². The number of fused-ring (bicyclic) bond motifs is 1. The molecule has 5 rings (SSSR count). The maximum Gasteiger partial charge on any atom is 0.276 e. The first-order valence-electron chi connectivity index (χ1n) is 11.6. The fourth-order valence-electron chi connectivity index (χ4n) is 4.22. The molecule has 0 aliphatic carbocycles. The van der Waals surface area contributed by atoms with Crippen LogP contribution < -0.4 is 9.57 Å². The molecule has 1 aromatic heterocycles. The Bertz CT molecular complexity index is 1610. The minimum Gasteiger partial charge on any atom is -0.494 e. The zero-order chi connectivity index (χ0) is 25.0. The minimum atomic E-state index is -3.85. The molecule has 0 spiro atoms. The SMILES string of the molecule is CCOc1ccc(S(=O)(=O)NN=Cc2c(-c3ccccc3)n(-c3ccccc3)c3ccccc23)cc1. The van der Waals surface area contributed by atoms with Crippen LogP contribution in [-0.2, 0) is 10.0 Å². The van der Waals surface area contributed by atoms with Gasteiger partial charge in [0.15, 0.2) is 0 Å². The summed E-state index contributed by atoms with van der Waals surface area (Å²) >= 11 is 0. The number of nitrogens with one attached hydrogen (secondary N) is 1.